The molecule has 0 saturated carbocycles. The molecule has 2 nitrogen and oxygen atoms in total. The van der Waals surface area contributed by atoms with Crippen LogP contribution in [-0.4, -0.2) is 10.2 Å². The van der Waals surface area contributed by atoms with Crippen LogP contribution in [-0.2, 0) is 0 Å². The van der Waals surface area contributed by atoms with Crippen LogP contribution in [0.3, 0.4) is 0 Å². The highest BCUT2D eigenvalue weighted by Crippen LogP contribution is 2.31. The van der Waals surface area contributed by atoms with Crippen LogP contribution in [0, 0.1) is 20.8 Å². The van der Waals surface area contributed by atoms with Crippen LogP contribution >= 0.6 is 0 Å². The van der Waals surface area contributed by atoms with Gasteiger partial charge in [0.15, 0.2) is 0 Å². The lowest BCUT2D eigenvalue weighted by Gasteiger charge is -2.10. The van der Waals surface area contributed by atoms with E-state index in [1.165, 1.54) is 0 Å². The SMILES string of the molecule is Cc1cc(-c2cc(O)c(C)cc2C)ccc1O. The fraction of sp³-hybridized carbons (Fsp3) is 0.200. The monoisotopic (exact) mass is 228 g/mol. The quantitative estimate of drug-likeness (QED) is 0.781. The molecule has 0 aliphatic carbocycles. The maximum absolute atomic E-state index is 9.76. The topological polar surface area (TPSA) is 40.5 Å². The second-order valence-electron chi connectivity index (χ2n) is 4.45. The molecule has 0 atom stereocenters. The smallest absolute Gasteiger partial charge is 0.119 e. The highest BCUT2D eigenvalue weighted by molar-refractivity contribution is 5.71. The lowest BCUT2D eigenvalue weighted by Crippen LogP contribution is -1.87. The van der Waals surface area contributed by atoms with Crippen LogP contribution in [0.15, 0.2) is 30.3 Å². The molecule has 0 radical (unpaired) electrons. The molecule has 17 heavy (non-hydrogen) atoms. The summed E-state index contributed by atoms with van der Waals surface area (Å²) in [4.78, 5) is 0. The lowest BCUT2D eigenvalue weighted by molar-refractivity contribution is 0.471. The van der Waals surface area contributed by atoms with E-state index in [4.69, 9.17) is 0 Å². The third-order valence-electron chi connectivity index (χ3n) is 3.05. The number of benzene rings is 2. The van der Waals surface area contributed by atoms with Gasteiger partial charge in [0, 0.05) is 0 Å². The summed E-state index contributed by atoms with van der Waals surface area (Å²) < 4.78 is 0. The fourth-order valence-electron chi connectivity index (χ4n) is 1.97. The molecule has 0 amide bonds. The van der Waals surface area contributed by atoms with Crippen LogP contribution in [0.2, 0.25) is 0 Å². The van der Waals surface area contributed by atoms with Crippen LogP contribution < -0.4 is 0 Å². The Morgan fingerprint density at radius 2 is 1.35 bits per heavy atom. The molecule has 0 aliphatic rings. The first-order valence-corrected chi connectivity index (χ1v) is 5.59. The summed E-state index contributed by atoms with van der Waals surface area (Å²) in [6.07, 6.45) is 0. The molecule has 2 heteroatoms. The van der Waals surface area contributed by atoms with Gasteiger partial charge in [0.25, 0.3) is 0 Å². The van der Waals surface area contributed by atoms with Gasteiger partial charge in [-0.3, -0.25) is 0 Å². The Kier molecular flexibility index (Phi) is 2.80. The van der Waals surface area contributed by atoms with Crippen molar-refractivity contribution in [2.24, 2.45) is 0 Å². The third-order valence-corrected chi connectivity index (χ3v) is 3.05. The van der Waals surface area contributed by atoms with Gasteiger partial charge in [-0.05, 0) is 66.8 Å². The predicted molar refractivity (Wildman–Crippen MR) is 69.4 cm³/mol. The van der Waals surface area contributed by atoms with Gasteiger partial charge < -0.3 is 10.2 Å². The number of hydrogen-bond acceptors (Lipinski definition) is 2. The van der Waals surface area contributed by atoms with E-state index in [1.807, 2.05) is 39.0 Å². The average Bonchev–Trinajstić information content (AvgIpc) is 2.27. The number of phenols is 2. The number of aryl methyl sites for hydroxylation is 3. The van der Waals surface area contributed by atoms with E-state index >= 15 is 0 Å². The molecular formula is C15H16O2. The van der Waals surface area contributed by atoms with E-state index in [0.717, 1.165) is 27.8 Å². The minimum atomic E-state index is 0.294. The van der Waals surface area contributed by atoms with E-state index in [2.05, 4.69) is 0 Å². The third kappa shape index (κ3) is 2.11. The maximum Gasteiger partial charge on any atom is 0.119 e. The van der Waals surface area contributed by atoms with Crippen molar-refractivity contribution in [2.45, 2.75) is 20.8 Å². The Hall–Kier alpha value is -1.96. The molecule has 2 aromatic carbocycles. The first-order chi connectivity index (χ1) is 7.99. The number of aromatic hydroxyl groups is 2. The standard InChI is InChI=1S/C15H16O2/c1-9-6-10(2)15(17)8-13(9)12-4-5-14(16)11(3)7-12/h4-8,16-17H,1-3H3. The van der Waals surface area contributed by atoms with Crippen molar-refractivity contribution in [1.29, 1.82) is 0 Å². The van der Waals surface area contributed by atoms with Gasteiger partial charge in [0.05, 0.1) is 0 Å². The second-order valence-corrected chi connectivity index (χ2v) is 4.45. The van der Waals surface area contributed by atoms with Gasteiger partial charge in [-0.1, -0.05) is 12.1 Å². The van der Waals surface area contributed by atoms with Crippen molar-refractivity contribution < 1.29 is 10.2 Å². The summed E-state index contributed by atoms with van der Waals surface area (Å²) in [5, 5.41) is 19.3. The number of phenolic OH excluding ortho intramolecular Hbond substituents is 2. The van der Waals surface area contributed by atoms with Gasteiger partial charge in [0.2, 0.25) is 0 Å². The Morgan fingerprint density at radius 1 is 0.706 bits per heavy atom. The molecule has 0 fully saturated rings. The van der Waals surface area contributed by atoms with Crippen molar-refractivity contribution in [1.82, 2.24) is 0 Å². The van der Waals surface area contributed by atoms with Crippen LogP contribution in [0.5, 0.6) is 11.5 Å². The molecule has 0 aliphatic heterocycles. The molecule has 88 valence electrons. The number of rotatable bonds is 1. The maximum atomic E-state index is 9.76. The highest BCUT2D eigenvalue weighted by atomic mass is 16.3. The summed E-state index contributed by atoms with van der Waals surface area (Å²) >= 11 is 0. The van der Waals surface area contributed by atoms with Gasteiger partial charge in [-0.2, -0.15) is 0 Å². The minimum absolute atomic E-state index is 0.294. The molecule has 2 aromatic rings. The van der Waals surface area contributed by atoms with E-state index in [1.54, 1.807) is 12.1 Å². The van der Waals surface area contributed by atoms with Gasteiger partial charge >= 0.3 is 0 Å². The summed E-state index contributed by atoms with van der Waals surface area (Å²) in [6.45, 7) is 5.76. The largest absolute Gasteiger partial charge is 0.508 e. The zero-order valence-corrected chi connectivity index (χ0v) is 10.3. The lowest BCUT2D eigenvalue weighted by atomic mass is 9.97. The van der Waals surface area contributed by atoms with Crippen molar-refractivity contribution in [3.05, 3.63) is 47.0 Å². The van der Waals surface area contributed by atoms with E-state index < -0.39 is 0 Å². The average molecular weight is 228 g/mol. The zero-order valence-electron chi connectivity index (χ0n) is 10.3. The molecular weight excluding hydrogens is 212 g/mol. The molecule has 0 unspecified atom stereocenters. The molecule has 2 N–H and O–H groups in total. The summed E-state index contributed by atoms with van der Waals surface area (Å²) in [5.74, 6) is 0.596. The minimum Gasteiger partial charge on any atom is -0.508 e. The molecule has 0 bridgehead atoms. The van der Waals surface area contributed by atoms with Gasteiger partial charge in [-0.25, -0.2) is 0 Å². The molecule has 0 spiro atoms. The van der Waals surface area contributed by atoms with Crippen molar-refractivity contribution in [3.8, 4) is 22.6 Å². The van der Waals surface area contributed by atoms with E-state index in [0.29, 0.717) is 11.5 Å². The Bertz CT molecular complexity index is 571. The molecule has 0 saturated heterocycles. The Labute approximate surface area is 101 Å². The number of hydrogen-bond donors (Lipinski definition) is 2. The molecule has 0 heterocycles. The van der Waals surface area contributed by atoms with Crippen LogP contribution in [0.1, 0.15) is 16.7 Å². The van der Waals surface area contributed by atoms with Crippen molar-refractivity contribution in [2.75, 3.05) is 0 Å². The fourth-order valence-corrected chi connectivity index (χ4v) is 1.97. The first-order valence-electron chi connectivity index (χ1n) is 5.59. The summed E-state index contributed by atoms with van der Waals surface area (Å²) in [6, 6.07) is 9.20. The Morgan fingerprint density at radius 3 is 2.00 bits per heavy atom. The van der Waals surface area contributed by atoms with Crippen LogP contribution in [0.25, 0.3) is 11.1 Å². The van der Waals surface area contributed by atoms with Gasteiger partial charge in [-0.15, -0.1) is 0 Å². The summed E-state index contributed by atoms with van der Waals surface area (Å²) in [5.41, 5.74) is 4.83. The molecule has 0 aromatic heterocycles. The first kappa shape index (κ1) is 11.5. The van der Waals surface area contributed by atoms with Gasteiger partial charge in [0.1, 0.15) is 11.5 Å². The van der Waals surface area contributed by atoms with Crippen LogP contribution in [0.4, 0.5) is 0 Å². The predicted octanol–water partition coefficient (Wildman–Crippen LogP) is 3.69. The zero-order chi connectivity index (χ0) is 12.6. The van der Waals surface area contributed by atoms with Crippen molar-refractivity contribution in [3.63, 3.8) is 0 Å². The Balaban J connectivity index is 2.60. The van der Waals surface area contributed by atoms with Crippen molar-refractivity contribution >= 4 is 0 Å². The van der Waals surface area contributed by atoms with E-state index in [9.17, 15) is 10.2 Å². The molecule has 2 rings (SSSR count). The second kappa shape index (κ2) is 4.13. The summed E-state index contributed by atoms with van der Waals surface area (Å²) in [7, 11) is 0. The van der Waals surface area contributed by atoms with E-state index in [-0.39, 0.29) is 0 Å². The normalized spacial score (nSPS) is 10.5. The highest BCUT2D eigenvalue weighted by Gasteiger charge is 2.07.